The molecule has 6 heteroatoms. The van der Waals surface area contributed by atoms with Crippen molar-refractivity contribution in [1.29, 1.82) is 5.26 Å². The van der Waals surface area contributed by atoms with Crippen LogP contribution in [-0.2, 0) is 0 Å². The van der Waals surface area contributed by atoms with E-state index in [1.54, 1.807) is 35.3 Å². The molecule has 0 aromatic heterocycles. The Hall–Kier alpha value is -2.91. The van der Waals surface area contributed by atoms with E-state index in [9.17, 15) is 15.4 Å². The lowest BCUT2D eigenvalue weighted by Gasteiger charge is -2.17. The number of nitriles is 1. The van der Waals surface area contributed by atoms with Gasteiger partial charge in [0.1, 0.15) is 11.8 Å². The summed E-state index contributed by atoms with van der Waals surface area (Å²) in [6.07, 6.45) is 5.23. The zero-order valence-electron chi connectivity index (χ0n) is 12.9. The number of anilines is 1. The van der Waals surface area contributed by atoms with E-state index in [0.29, 0.717) is 5.70 Å². The van der Waals surface area contributed by atoms with E-state index in [4.69, 9.17) is 0 Å². The SMILES string of the molecule is CN(/C(C#N)=C/C=C/c1ccc([N+](=O)[O-])cc1)c1ccc(Br)cc1. The molecule has 0 radical (unpaired) electrons. The molecule has 0 unspecified atom stereocenters. The third kappa shape index (κ3) is 4.54. The van der Waals surface area contributed by atoms with Gasteiger partial charge in [0, 0.05) is 29.3 Å². The summed E-state index contributed by atoms with van der Waals surface area (Å²) >= 11 is 3.38. The zero-order chi connectivity index (χ0) is 17.5. The summed E-state index contributed by atoms with van der Waals surface area (Å²) in [6, 6.07) is 16.0. The predicted molar refractivity (Wildman–Crippen MR) is 98.4 cm³/mol. The van der Waals surface area contributed by atoms with E-state index >= 15 is 0 Å². The Morgan fingerprint density at radius 1 is 1.21 bits per heavy atom. The lowest BCUT2D eigenvalue weighted by Crippen LogP contribution is -2.14. The molecule has 2 rings (SSSR count). The smallest absolute Gasteiger partial charge is 0.269 e. The highest BCUT2D eigenvalue weighted by Gasteiger charge is 2.05. The highest BCUT2D eigenvalue weighted by Crippen LogP contribution is 2.20. The van der Waals surface area contributed by atoms with E-state index < -0.39 is 4.92 Å². The number of allylic oxidation sites excluding steroid dienone is 3. The molecule has 0 atom stereocenters. The maximum atomic E-state index is 10.6. The molecule has 0 aliphatic carbocycles. The molecule has 0 saturated heterocycles. The first-order valence-corrected chi connectivity index (χ1v) is 7.83. The van der Waals surface area contributed by atoms with Gasteiger partial charge in [-0.1, -0.05) is 28.1 Å². The fourth-order valence-corrected chi connectivity index (χ4v) is 2.25. The highest BCUT2D eigenvalue weighted by molar-refractivity contribution is 9.10. The second kappa shape index (κ2) is 8.09. The van der Waals surface area contributed by atoms with Gasteiger partial charge in [0.25, 0.3) is 5.69 Å². The number of nitrogens with zero attached hydrogens (tertiary/aromatic N) is 3. The second-order valence-electron chi connectivity index (χ2n) is 4.91. The van der Waals surface area contributed by atoms with Gasteiger partial charge in [-0.05, 0) is 48.0 Å². The van der Waals surface area contributed by atoms with Crippen LogP contribution in [0.3, 0.4) is 0 Å². The van der Waals surface area contributed by atoms with Crippen molar-refractivity contribution in [2.45, 2.75) is 0 Å². The van der Waals surface area contributed by atoms with Crippen LogP contribution in [0.15, 0.2) is 70.9 Å². The molecule has 0 fully saturated rings. The molecule has 120 valence electrons. The topological polar surface area (TPSA) is 70.2 Å². The minimum Gasteiger partial charge on any atom is -0.336 e. The Morgan fingerprint density at radius 3 is 2.38 bits per heavy atom. The van der Waals surface area contributed by atoms with Crippen molar-refractivity contribution >= 4 is 33.4 Å². The van der Waals surface area contributed by atoms with Crippen molar-refractivity contribution in [1.82, 2.24) is 0 Å². The number of halogens is 1. The van der Waals surface area contributed by atoms with Crippen LogP contribution in [0.25, 0.3) is 6.08 Å². The molecule has 0 spiro atoms. The summed E-state index contributed by atoms with van der Waals surface area (Å²) in [4.78, 5) is 12.0. The van der Waals surface area contributed by atoms with Crippen LogP contribution >= 0.6 is 15.9 Å². The summed E-state index contributed by atoms with van der Waals surface area (Å²) in [5.41, 5.74) is 2.25. The molecule has 0 bridgehead atoms. The van der Waals surface area contributed by atoms with Gasteiger partial charge in [0.2, 0.25) is 0 Å². The maximum absolute atomic E-state index is 10.6. The van der Waals surface area contributed by atoms with Crippen molar-refractivity contribution in [3.63, 3.8) is 0 Å². The molecule has 0 heterocycles. The van der Waals surface area contributed by atoms with Gasteiger partial charge in [-0.3, -0.25) is 10.1 Å². The first-order chi connectivity index (χ1) is 11.5. The number of hydrogen-bond donors (Lipinski definition) is 0. The number of rotatable bonds is 5. The third-order valence-corrected chi connectivity index (χ3v) is 3.87. The van der Waals surface area contributed by atoms with Crippen molar-refractivity contribution in [2.24, 2.45) is 0 Å². The van der Waals surface area contributed by atoms with Gasteiger partial charge in [0.05, 0.1) is 4.92 Å². The van der Waals surface area contributed by atoms with Gasteiger partial charge >= 0.3 is 0 Å². The van der Waals surface area contributed by atoms with E-state index in [-0.39, 0.29) is 5.69 Å². The third-order valence-electron chi connectivity index (χ3n) is 3.34. The number of nitro groups is 1. The van der Waals surface area contributed by atoms with Crippen molar-refractivity contribution in [3.05, 3.63) is 86.5 Å². The average molecular weight is 384 g/mol. The summed E-state index contributed by atoms with van der Waals surface area (Å²) < 4.78 is 0.972. The van der Waals surface area contributed by atoms with Crippen LogP contribution in [-0.4, -0.2) is 12.0 Å². The molecule has 0 N–H and O–H groups in total. The van der Waals surface area contributed by atoms with Crippen molar-refractivity contribution < 1.29 is 4.92 Å². The fourth-order valence-electron chi connectivity index (χ4n) is 1.99. The Morgan fingerprint density at radius 2 is 1.83 bits per heavy atom. The van der Waals surface area contributed by atoms with E-state index in [1.807, 2.05) is 31.3 Å². The van der Waals surface area contributed by atoms with Gasteiger partial charge < -0.3 is 4.90 Å². The van der Waals surface area contributed by atoms with Gasteiger partial charge in [-0.25, -0.2) is 0 Å². The fraction of sp³-hybridized carbons (Fsp3) is 0.0556. The van der Waals surface area contributed by atoms with Gasteiger partial charge in [-0.15, -0.1) is 0 Å². The minimum atomic E-state index is -0.436. The quantitative estimate of drug-likeness (QED) is 0.318. The van der Waals surface area contributed by atoms with E-state index in [1.165, 1.54) is 12.1 Å². The molecule has 0 amide bonds. The van der Waals surface area contributed by atoms with Crippen molar-refractivity contribution in [3.8, 4) is 6.07 Å². The first kappa shape index (κ1) is 17.4. The number of nitro benzene ring substituents is 1. The molecular weight excluding hydrogens is 370 g/mol. The van der Waals surface area contributed by atoms with Crippen LogP contribution in [0.4, 0.5) is 11.4 Å². The Kier molecular flexibility index (Phi) is 5.88. The summed E-state index contributed by atoms with van der Waals surface area (Å²) in [6.45, 7) is 0. The Balaban J connectivity index is 2.13. The van der Waals surface area contributed by atoms with Crippen molar-refractivity contribution in [2.75, 3.05) is 11.9 Å². The van der Waals surface area contributed by atoms with Crippen LogP contribution < -0.4 is 4.90 Å². The second-order valence-corrected chi connectivity index (χ2v) is 5.82. The normalized spacial score (nSPS) is 11.3. The molecule has 5 nitrogen and oxygen atoms in total. The molecule has 24 heavy (non-hydrogen) atoms. The molecule has 2 aromatic carbocycles. The summed E-state index contributed by atoms with van der Waals surface area (Å²) in [7, 11) is 1.82. The van der Waals surface area contributed by atoms with Crippen LogP contribution in [0.5, 0.6) is 0 Å². The molecular formula is C18H14BrN3O2. The zero-order valence-corrected chi connectivity index (χ0v) is 14.5. The molecule has 0 aliphatic heterocycles. The maximum Gasteiger partial charge on any atom is 0.269 e. The van der Waals surface area contributed by atoms with Crippen LogP contribution in [0.1, 0.15) is 5.56 Å². The Labute approximate surface area is 148 Å². The van der Waals surface area contributed by atoms with E-state index in [2.05, 4.69) is 22.0 Å². The minimum absolute atomic E-state index is 0.0513. The largest absolute Gasteiger partial charge is 0.336 e. The molecule has 0 saturated carbocycles. The van der Waals surface area contributed by atoms with Gasteiger partial charge in [0.15, 0.2) is 0 Å². The number of non-ortho nitro benzene ring substituents is 1. The predicted octanol–water partition coefficient (Wildman–Crippen LogP) is 4.91. The first-order valence-electron chi connectivity index (χ1n) is 7.03. The molecule has 0 aliphatic rings. The number of benzene rings is 2. The van der Waals surface area contributed by atoms with Crippen LogP contribution in [0.2, 0.25) is 0 Å². The summed E-state index contributed by atoms with van der Waals surface area (Å²) in [5, 5.41) is 19.9. The lowest BCUT2D eigenvalue weighted by atomic mass is 10.2. The van der Waals surface area contributed by atoms with Gasteiger partial charge in [-0.2, -0.15) is 5.26 Å². The number of hydrogen-bond acceptors (Lipinski definition) is 4. The highest BCUT2D eigenvalue weighted by atomic mass is 79.9. The average Bonchev–Trinajstić information content (AvgIpc) is 2.59. The standard InChI is InChI=1S/C18H14BrN3O2/c1-21(16-11-7-15(19)8-12-16)18(13-20)4-2-3-14-5-9-17(10-6-14)22(23)24/h2-12H,1H3/b3-2+,18-4+. The van der Waals surface area contributed by atoms with E-state index in [0.717, 1.165) is 15.7 Å². The lowest BCUT2D eigenvalue weighted by molar-refractivity contribution is -0.384. The molecule has 2 aromatic rings. The van der Waals surface area contributed by atoms with Crippen LogP contribution in [0, 0.1) is 21.4 Å². The Bertz CT molecular complexity index is 819. The monoisotopic (exact) mass is 383 g/mol. The summed E-state index contributed by atoms with van der Waals surface area (Å²) in [5.74, 6) is 0.